The van der Waals surface area contributed by atoms with Gasteiger partial charge < -0.3 is 20.1 Å². The molecule has 1 unspecified atom stereocenters. The van der Waals surface area contributed by atoms with E-state index in [0.29, 0.717) is 11.7 Å². The highest BCUT2D eigenvalue weighted by molar-refractivity contribution is 7.80. The third-order valence-electron chi connectivity index (χ3n) is 4.71. The average Bonchev–Trinajstić information content (AvgIpc) is 2.79. The highest BCUT2D eigenvalue weighted by Gasteiger charge is 2.07. The molecule has 1 aromatic heterocycles. The number of methoxy groups -OCH3 is 1. The number of rotatable bonds is 9. The average molecular weight is 422 g/mol. The zero-order valence-electron chi connectivity index (χ0n) is 17.3. The minimum atomic E-state index is 0.0957. The van der Waals surface area contributed by atoms with Crippen molar-refractivity contribution in [1.29, 1.82) is 0 Å². The van der Waals surface area contributed by atoms with Gasteiger partial charge in [-0.05, 0) is 67.0 Å². The van der Waals surface area contributed by atoms with Crippen molar-refractivity contribution in [2.24, 2.45) is 0 Å². The summed E-state index contributed by atoms with van der Waals surface area (Å²) in [7, 11) is 1.67. The Bertz CT molecular complexity index is 915. The van der Waals surface area contributed by atoms with Gasteiger partial charge >= 0.3 is 0 Å². The van der Waals surface area contributed by atoms with Crippen LogP contribution in [0.4, 0.5) is 0 Å². The largest absolute Gasteiger partial charge is 0.497 e. The van der Waals surface area contributed by atoms with Gasteiger partial charge in [0, 0.05) is 24.5 Å². The van der Waals surface area contributed by atoms with E-state index in [1.807, 2.05) is 42.6 Å². The lowest BCUT2D eigenvalue weighted by Crippen LogP contribution is -2.37. The van der Waals surface area contributed by atoms with Gasteiger partial charge in [0.05, 0.1) is 13.2 Å². The Morgan fingerprint density at radius 3 is 2.40 bits per heavy atom. The van der Waals surface area contributed by atoms with E-state index in [1.165, 1.54) is 5.56 Å². The van der Waals surface area contributed by atoms with E-state index in [4.69, 9.17) is 21.7 Å². The summed E-state index contributed by atoms with van der Waals surface area (Å²) in [5, 5.41) is 7.24. The van der Waals surface area contributed by atoms with Gasteiger partial charge in [0.25, 0.3) is 0 Å². The van der Waals surface area contributed by atoms with Crippen molar-refractivity contribution in [3.63, 3.8) is 0 Å². The summed E-state index contributed by atoms with van der Waals surface area (Å²) < 4.78 is 11.0. The van der Waals surface area contributed by atoms with E-state index < -0.39 is 0 Å². The number of hydrogen-bond donors (Lipinski definition) is 2. The highest BCUT2D eigenvalue weighted by Crippen LogP contribution is 2.18. The van der Waals surface area contributed by atoms with Gasteiger partial charge in [-0.2, -0.15) is 0 Å². The lowest BCUT2D eigenvalue weighted by molar-refractivity contribution is 0.305. The predicted molar refractivity (Wildman–Crippen MR) is 124 cm³/mol. The topological polar surface area (TPSA) is 55.4 Å². The van der Waals surface area contributed by atoms with Crippen molar-refractivity contribution < 1.29 is 9.47 Å². The number of benzene rings is 2. The molecule has 0 amide bonds. The Labute approximate surface area is 183 Å². The van der Waals surface area contributed by atoms with Crippen molar-refractivity contribution >= 4 is 17.3 Å². The van der Waals surface area contributed by atoms with E-state index in [-0.39, 0.29) is 6.04 Å². The fourth-order valence-electron chi connectivity index (χ4n) is 2.95. The van der Waals surface area contributed by atoms with Gasteiger partial charge in [0.1, 0.15) is 18.1 Å². The SMILES string of the molecule is COc1ccc(CCNC(=S)NC(C)c2ccc(OCc3cccnc3)cc2)cc1. The maximum Gasteiger partial charge on any atom is 0.166 e. The summed E-state index contributed by atoms with van der Waals surface area (Å²) in [6.45, 7) is 3.36. The molecule has 1 heterocycles. The van der Waals surface area contributed by atoms with Gasteiger partial charge in [-0.15, -0.1) is 0 Å². The van der Waals surface area contributed by atoms with E-state index in [1.54, 1.807) is 13.3 Å². The molecule has 1 atom stereocenters. The minimum absolute atomic E-state index is 0.0957. The first kappa shape index (κ1) is 21.6. The van der Waals surface area contributed by atoms with Gasteiger partial charge in [-0.3, -0.25) is 4.98 Å². The number of ether oxygens (including phenoxy) is 2. The van der Waals surface area contributed by atoms with Crippen LogP contribution in [0.2, 0.25) is 0 Å². The molecule has 0 aliphatic rings. The van der Waals surface area contributed by atoms with Crippen molar-refractivity contribution in [2.75, 3.05) is 13.7 Å². The van der Waals surface area contributed by atoms with Gasteiger partial charge in [-0.1, -0.05) is 30.3 Å². The van der Waals surface area contributed by atoms with Crippen LogP contribution in [0.5, 0.6) is 11.5 Å². The monoisotopic (exact) mass is 421 g/mol. The molecule has 0 aliphatic heterocycles. The molecule has 5 nitrogen and oxygen atoms in total. The number of aromatic nitrogens is 1. The maximum absolute atomic E-state index is 5.81. The fourth-order valence-corrected chi connectivity index (χ4v) is 3.23. The molecule has 0 aliphatic carbocycles. The van der Waals surface area contributed by atoms with E-state index in [9.17, 15) is 0 Å². The quantitative estimate of drug-likeness (QED) is 0.498. The van der Waals surface area contributed by atoms with E-state index >= 15 is 0 Å². The summed E-state index contributed by atoms with van der Waals surface area (Å²) in [5.74, 6) is 1.70. The number of thiocarbonyl (C=S) groups is 1. The number of nitrogens with one attached hydrogen (secondary N) is 2. The van der Waals surface area contributed by atoms with Gasteiger partial charge in [0.15, 0.2) is 5.11 Å². The van der Waals surface area contributed by atoms with Crippen LogP contribution in [0.1, 0.15) is 29.7 Å². The van der Waals surface area contributed by atoms with Crippen LogP contribution in [0.25, 0.3) is 0 Å². The van der Waals surface area contributed by atoms with Crippen LogP contribution in [0, 0.1) is 0 Å². The first-order valence-electron chi connectivity index (χ1n) is 9.93. The summed E-state index contributed by atoms with van der Waals surface area (Å²) in [5.41, 5.74) is 3.42. The first-order chi connectivity index (χ1) is 14.6. The molecule has 0 radical (unpaired) electrons. The van der Waals surface area contributed by atoms with E-state index in [0.717, 1.165) is 35.6 Å². The predicted octanol–water partition coefficient (Wildman–Crippen LogP) is 4.44. The van der Waals surface area contributed by atoms with Crippen molar-refractivity contribution in [2.45, 2.75) is 26.0 Å². The minimum Gasteiger partial charge on any atom is -0.497 e. The summed E-state index contributed by atoms with van der Waals surface area (Å²) in [6, 6.07) is 20.1. The Hall–Kier alpha value is -3.12. The Balaban J connectivity index is 1.40. The molecule has 0 bridgehead atoms. The number of pyridine rings is 1. The van der Waals surface area contributed by atoms with Crippen LogP contribution < -0.4 is 20.1 Å². The molecule has 3 rings (SSSR count). The smallest absolute Gasteiger partial charge is 0.166 e. The molecule has 0 saturated heterocycles. The summed E-state index contributed by atoms with van der Waals surface area (Å²) in [4.78, 5) is 4.10. The Morgan fingerprint density at radius 1 is 1.00 bits per heavy atom. The maximum atomic E-state index is 5.81. The second-order valence-corrected chi connectivity index (χ2v) is 7.35. The molecule has 6 heteroatoms. The molecule has 156 valence electrons. The van der Waals surface area contributed by atoms with Gasteiger partial charge in [-0.25, -0.2) is 0 Å². The second kappa shape index (κ2) is 11.2. The second-order valence-electron chi connectivity index (χ2n) is 6.94. The van der Waals surface area contributed by atoms with Crippen LogP contribution >= 0.6 is 12.2 Å². The molecule has 2 aromatic carbocycles. The molecular formula is C24H27N3O2S. The lowest BCUT2D eigenvalue weighted by atomic mass is 10.1. The molecule has 3 aromatic rings. The molecule has 0 saturated carbocycles. The first-order valence-corrected chi connectivity index (χ1v) is 10.3. The zero-order chi connectivity index (χ0) is 21.2. The van der Waals surface area contributed by atoms with Crippen molar-refractivity contribution in [3.05, 3.63) is 89.7 Å². The number of nitrogens with zero attached hydrogens (tertiary/aromatic N) is 1. The summed E-state index contributed by atoms with van der Waals surface area (Å²) in [6.07, 6.45) is 4.46. The normalized spacial score (nSPS) is 11.4. The third kappa shape index (κ3) is 6.74. The fraction of sp³-hybridized carbons (Fsp3) is 0.250. The molecular weight excluding hydrogens is 394 g/mol. The highest BCUT2D eigenvalue weighted by atomic mass is 32.1. The Morgan fingerprint density at radius 2 is 1.73 bits per heavy atom. The van der Waals surface area contributed by atoms with Crippen LogP contribution in [-0.2, 0) is 13.0 Å². The standard InChI is InChI=1S/C24H27N3O2S/c1-18(27-24(30)26-15-13-19-5-9-22(28-2)10-6-19)21-7-11-23(12-8-21)29-17-20-4-3-14-25-16-20/h3-12,14,16,18H,13,15,17H2,1-2H3,(H2,26,27,30). The Kier molecular flexibility index (Phi) is 8.03. The molecule has 0 fully saturated rings. The number of hydrogen-bond acceptors (Lipinski definition) is 4. The third-order valence-corrected chi connectivity index (χ3v) is 4.98. The summed E-state index contributed by atoms with van der Waals surface area (Å²) >= 11 is 5.43. The molecule has 2 N–H and O–H groups in total. The van der Waals surface area contributed by atoms with Crippen LogP contribution in [0.3, 0.4) is 0 Å². The molecule has 30 heavy (non-hydrogen) atoms. The lowest BCUT2D eigenvalue weighted by Gasteiger charge is -2.18. The van der Waals surface area contributed by atoms with Crippen LogP contribution in [0.15, 0.2) is 73.1 Å². The zero-order valence-corrected chi connectivity index (χ0v) is 18.1. The van der Waals surface area contributed by atoms with Crippen molar-refractivity contribution in [1.82, 2.24) is 15.6 Å². The van der Waals surface area contributed by atoms with Crippen LogP contribution in [-0.4, -0.2) is 23.8 Å². The molecule has 0 spiro atoms. The van der Waals surface area contributed by atoms with Gasteiger partial charge in [0.2, 0.25) is 0 Å². The van der Waals surface area contributed by atoms with E-state index in [2.05, 4.69) is 46.8 Å². The van der Waals surface area contributed by atoms with Crippen molar-refractivity contribution in [3.8, 4) is 11.5 Å².